The number of thioether (sulfide) groups is 2. The van der Waals surface area contributed by atoms with Gasteiger partial charge in [-0.15, -0.1) is 23.5 Å². The molecule has 0 N–H and O–H groups in total. The van der Waals surface area contributed by atoms with Crippen LogP contribution in [0.5, 0.6) is 0 Å². The predicted octanol–water partition coefficient (Wildman–Crippen LogP) is 10.4. The summed E-state index contributed by atoms with van der Waals surface area (Å²) in [6.45, 7) is 4.33. The molecule has 2 aliphatic rings. The van der Waals surface area contributed by atoms with Crippen LogP contribution in [0.3, 0.4) is 0 Å². The normalized spacial score (nSPS) is 17.1. The smallest absolute Gasteiger partial charge is 0.0449 e. The van der Waals surface area contributed by atoms with Crippen LogP contribution in [0.4, 0.5) is 5.69 Å². The molecule has 6 rings (SSSR count). The molecule has 2 aliphatic heterocycles. The van der Waals surface area contributed by atoms with Gasteiger partial charge in [0, 0.05) is 39.4 Å². The van der Waals surface area contributed by atoms with Gasteiger partial charge in [0.1, 0.15) is 0 Å². The van der Waals surface area contributed by atoms with E-state index < -0.39 is 0 Å². The van der Waals surface area contributed by atoms with Crippen molar-refractivity contribution in [1.29, 1.82) is 0 Å². The molecule has 2 heterocycles. The first-order valence-corrected chi connectivity index (χ1v) is 15.6. The largest absolute Gasteiger partial charge is 0.323 e. The zero-order chi connectivity index (χ0) is 26.6. The number of benzene rings is 4. The Morgan fingerprint density at radius 1 is 0.667 bits per heavy atom. The highest BCUT2D eigenvalue weighted by atomic mass is 32.2. The average molecular weight is 544 g/mol. The lowest BCUT2D eigenvalue weighted by Crippen LogP contribution is -2.12. The second kappa shape index (κ2) is 11.8. The van der Waals surface area contributed by atoms with E-state index in [1.807, 2.05) is 23.5 Å². The van der Waals surface area contributed by atoms with E-state index in [2.05, 4.69) is 134 Å². The van der Waals surface area contributed by atoms with Crippen molar-refractivity contribution in [3.05, 3.63) is 137 Å². The highest BCUT2D eigenvalue weighted by Gasteiger charge is 2.18. The molecular formula is C36H33NS2. The van der Waals surface area contributed by atoms with Crippen LogP contribution in [0.1, 0.15) is 47.6 Å². The summed E-state index contributed by atoms with van der Waals surface area (Å²) in [5.74, 6) is 2.24. The van der Waals surface area contributed by atoms with Crippen molar-refractivity contribution in [3.63, 3.8) is 0 Å². The number of nitrogens with zero attached hydrogens (tertiary/aromatic N) is 1. The second-order valence-electron chi connectivity index (χ2n) is 10.2. The van der Waals surface area contributed by atoms with Crippen LogP contribution in [0.25, 0.3) is 22.8 Å². The number of aryl methyl sites for hydroxylation is 1. The summed E-state index contributed by atoms with van der Waals surface area (Å²) >= 11 is 3.93. The fourth-order valence-corrected chi connectivity index (χ4v) is 7.35. The summed E-state index contributed by atoms with van der Waals surface area (Å²) in [6, 6.07) is 35.4. The number of fused-ring (bicyclic) bond motifs is 2. The minimum atomic E-state index is 1.07. The van der Waals surface area contributed by atoms with Gasteiger partial charge in [-0.25, -0.2) is 0 Å². The van der Waals surface area contributed by atoms with Crippen molar-refractivity contribution in [3.8, 4) is 0 Å². The molecule has 0 spiro atoms. The molecule has 0 bridgehead atoms. The molecule has 0 aliphatic carbocycles. The lowest BCUT2D eigenvalue weighted by molar-refractivity contribution is 1.14. The predicted molar refractivity (Wildman–Crippen MR) is 173 cm³/mol. The molecule has 1 nitrogen and oxygen atoms in total. The van der Waals surface area contributed by atoms with Gasteiger partial charge in [-0.05, 0) is 89.9 Å². The van der Waals surface area contributed by atoms with Gasteiger partial charge in [0.15, 0.2) is 0 Å². The van der Waals surface area contributed by atoms with Crippen molar-refractivity contribution >= 4 is 52.0 Å². The summed E-state index contributed by atoms with van der Waals surface area (Å²) in [5.41, 5.74) is 11.8. The molecule has 0 saturated heterocycles. The number of anilines is 1. The van der Waals surface area contributed by atoms with E-state index in [9.17, 15) is 0 Å². The highest BCUT2D eigenvalue weighted by molar-refractivity contribution is 7.99. The summed E-state index contributed by atoms with van der Waals surface area (Å²) in [4.78, 5) is 5.14. The first-order chi connectivity index (χ1) is 19.1. The third-order valence-electron chi connectivity index (χ3n) is 7.40. The maximum absolute atomic E-state index is 2.37. The van der Waals surface area contributed by atoms with E-state index in [1.54, 1.807) is 0 Å². The van der Waals surface area contributed by atoms with Crippen LogP contribution in [0.2, 0.25) is 0 Å². The molecule has 39 heavy (non-hydrogen) atoms. The lowest BCUT2D eigenvalue weighted by atomic mass is 10.0. The Morgan fingerprint density at radius 2 is 1.21 bits per heavy atom. The van der Waals surface area contributed by atoms with Gasteiger partial charge in [-0.1, -0.05) is 84.4 Å². The molecule has 0 saturated carbocycles. The van der Waals surface area contributed by atoms with Crippen molar-refractivity contribution < 1.29 is 0 Å². The Morgan fingerprint density at radius 3 is 1.77 bits per heavy atom. The molecule has 0 amide bonds. The van der Waals surface area contributed by atoms with Gasteiger partial charge in [-0.2, -0.15) is 0 Å². The molecule has 0 unspecified atom stereocenters. The van der Waals surface area contributed by atoms with Crippen molar-refractivity contribution in [2.45, 2.75) is 36.5 Å². The molecule has 194 valence electrons. The van der Waals surface area contributed by atoms with Gasteiger partial charge in [0.05, 0.1) is 0 Å². The zero-order valence-corrected chi connectivity index (χ0v) is 24.2. The molecule has 0 aromatic heterocycles. The van der Waals surface area contributed by atoms with E-state index in [1.165, 1.54) is 60.0 Å². The molecule has 0 fully saturated rings. The Labute approximate surface area is 241 Å². The van der Waals surface area contributed by atoms with E-state index in [4.69, 9.17) is 0 Å². The Bertz CT molecular complexity index is 1490. The summed E-state index contributed by atoms with van der Waals surface area (Å²) in [7, 11) is 0. The fraction of sp³-hybridized carbons (Fsp3) is 0.167. The van der Waals surface area contributed by atoms with Gasteiger partial charge in [0.25, 0.3) is 0 Å². The number of hydrogen-bond acceptors (Lipinski definition) is 3. The van der Waals surface area contributed by atoms with Crippen molar-refractivity contribution in [1.82, 2.24) is 0 Å². The Balaban J connectivity index is 1.38. The van der Waals surface area contributed by atoms with Crippen LogP contribution in [0, 0.1) is 6.92 Å². The molecule has 0 radical (unpaired) electrons. The van der Waals surface area contributed by atoms with E-state index >= 15 is 0 Å². The van der Waals surface area contributed by atoms with Crippen LogP contribution in [0.15, 0.2) is 119 Å². The second-order valence-corrected chi connectivity index (χ2v) is 12.5. The van der Waals surface area contributed by atoms with Crippen LogP contribution < -0.4 is 4.90 Å². The topological polar surface area (TPSA) is 3.24 Å². The summed E-state index contributed by atoms with van der Waals surface area (Å²) in [6.07, 6.45) is 9.16. The average Bonchev–Trinajstić information content (AvgIpc) is 2.98. The molecule has 0 atom stereocenters. The molecular weight excluding hydrogens is 511 g/mol. The van der Waals surface area contributed by atoms with Gasteiger partial charge in [0.2, 0.25) is 0 Å². The summed E-state index contributed by atoms with van der Waals surface area (Å²) in [5, 5.41) is 0. The number of allylic oxidation sites excluding steroid dienone is 3. The standard InChI is InChI=1S/C36H33NS2/c1-26-11-13-28(14-12-26)23-27(2)29-15-17-32(18-16-29)37(24-30-19-21-38-35-9-5-3-7-33(30)35)25-31-20-22-39-36-10-6-4-8-34(31)36/h3-18,23-25H,19-22H2,1-2H3/b27-23+,30-24+,31-25+. The minimum Gasteiger partial charge on any atom is -0.323 e. The van der Waals surface area contributed by atoms with Crippen LogP contribution >= 0.6 is 23.5 Å². The Kier molecular flexibility index (Phi) is 7.81. The van der Waals surface area contributed by atoms with E-state index in [0.717, 1.165) is 24.3 Å². The maximum Gasteiger partial charge on any atom is 0.0449 e. The lowest BCUT2D eigenvalue weighted by Gasteiger charge is -2.26. The van der Waals surface area contributed by atoms with Crippen LogP contribution in [-0.2, 0) is 0 Å². The zero-order valence-electron chi connectivity index (χ0n) is 22.6. The molecule has 4 aromatic rings. The van der Waals surface area contributed by atoms with Gasteiger partial charge < -0.3 is 4.90 Å². The van der Waals surface area contributed by atoms with E-state index in [0.29, 0.717) is 0 Å². The van der Waals surface area contributed by atoms with E-state index in [-0.39, 0.29) is 0 Å². The summed E-state index contributed by atoms with van der Waals surface area (Å²) < 4.78 is 0. The number of rotatable bonds is 5. The van der Waals surface area contributed by atoms with Gasteiger partial charge >= 0.3 is 0 Å². The maximum atomic E-state index is 2.37. The minimum absolute atomic E-state index is 1.07. The third kappa shape index (κ3) is 5.95. The highest BCUT2D eigenvalue weighted by Crippen LogP contribution is 2.40. The molecule has 3 heteroatoms. The number of hydrogen-bond donors (Lipinski definition) is 0. The SMILES string of the molecule is C/C(=C\c1ccc(C)cc1)c1ccc(N(/C=C2\CCSc3ccccc32)/C=C2\CCSc3ccccc32)cc1. The third-order valence-corrected chi connectivity index (χ3v) is 9.55. The first kappa shape index (κ1) is 25.9. The Hall–Kier alpha value is -3.40. The quantitative estimate of drug-likeness (QED) is 0.231. The van der Waals surface area contributed by atoms with Crippen molar-refractivity contribution in [2.24, 2.45) is 0 Å². The van der Waals surface area contributed by atoms with Crippen molar-refractivity contribution in [2.75, 3.05) is 16.4 Å². The van der Waals surface area contributed by atoms with Crippen LogP contribution in [-0.4, -0.2) is 11.5 Å². The monoisotopic (exact) mass is 543 g/mol. The fourth-order valence-electron chi connectivity index (χ4n) is 5.21. The van der Waals surface area contributed by atoms with Gasteiger partial charge in [-0.3, -0.25) is 0 Å². The first-order valence-electron chi connectivity index (χ1n) is 13.6. The molecule has 4 aromatic carbocycles.